The molecule has 144 valence electrons. The molecule has 28 heavy (non-hydrogen) atoms. The molecule has 0 aliphatic rings. The lowest BCUT2D eigenvalue weighted by Gasteiger charge is -2.10. The Bertz CT molecular complexity index is 929. The number of ether oxygens (including phenoxy) is 1. The second-order valence-electron chi connectivity index (χ2n) is 6.19. The quantitative estimate of drug-likeness (QED) is 0.625. The molecule has 0 atom stereocenters. The molecule has 0 bridgehead atoms. The molecule has 6 heteroatoms. The number of carbonyl (C=O) groups is 1. The van der Waals surface area contributed by atoms with Crippen LogP contribution in [-0.4, -0.2) is 24.5 Å². The van der Waals surface area contributed by atoms with Gasteiger partial charge in [-0.25, -0.2) is 9.37 Å². The van der Waals surface area contributed by atoms with Crippen molar-refractivity contribution in [3.05, 3.63) is 89.4 Å². The van der Waals surface area contributed by atoms with E-state index in [1.54, 1.807) is 31.4 Å². The van der Waals surface area contributed by atoms with Gasteiger partial charge in [0, 0.05) is 24.8 Å². The van der Waals surface area contributed by atoms with E-state index in [2.05, 4.69) is 15.6 Å². The van der Waals surface area contributed by atoms with Crippen LogP contribution in [0.5, 0.6) is 5.75 Å². The molecule has 1 aromatic heterocycles. The van der Waals surface area contributed by atoms with Gasteiger partial charge in [-0.2, -0.15) is 0 Å². The molecule has 3 aromatic rings. The minimum absolute atomic E-state index is 0.209. The summed E-state index contributed by atoms with van der Waals surface area (Å²) in [5.74, 6) is 0.948. The zero-order chi connectivity index (χ0) is 19.8. The van der Waals surface area contributed by atoms with Crippen LogP contribution in [0.1, 0.15) is 21.5 Å². The molecule has 0 fully saturated rings. The third-order valence-corrected chi connectivity index (χ3v) is 4.32. The Hall–Kier alpha value is -3.41. The highest BCUT2D eigenvalue weighted by atomic mass is 19.1. The first-order valence-corrected chi connectivity index (χ1v) is 9.01. The number of pyridine rings is 1. The topological polar surface area (TPSA) is 63.2 Å². The molecule has 5 nitrogen and oxygen atoms in total. The number of hydrogen-bond donors (Lipinski definition) is 2. The van der Waals surface area contributed by atoms with Gasteiger partial charge in [-0.3, -0.25) is 4.79 Å². The zero-order valence-corrected chi connectivity index (χ0v) is 15.6. The van der Waals surface area contributed by atoms with Crippen molar-refractivity contribution in [2.75, 3.05) is 19.0 Å². The highest BCUT2D eigenvalue weighted by molar-refractivity contribution is 5.94. The normalized spacial score (nSPS) is 10.4. The van der Waals surface area contributed by atoms with Crippen LogP contribution >= 0.6 is 0 Å². The predicted octanol–water partition coefficient (Wildman–Crippen LogP) is 3.81. The van der Waals surface area contributed by atoms with Gasteiger partial charge in [0.05, 0.1) is 12.7 Å². The van der Waals surface area contributed by atoms with Crippen LogP contribution in [0.25, 0.3) is 0 Å². The molecular weight excluding hydrogens is 357 g/mol. The van der Waals surface area contributed by atoms with E-state index >= 15 is 0 Å². The Balaban J connectivity index is 1.50. The van der Waals surface area contributed by atoms with Gasteiger partial charge in [-0.05, 0) is 36.2 Å². The number of amides is 1. The van der Waals surface area contributed by atoms with Gasteiger partial charge in [0.15, 0.2) is 0 Å². The van der Waals surface area contributed by atoms with Gasteiger partial charge < -0.3 is 15.4 Å². The maximum atomic E-state index is 13.6. The van der Waals surface area contributed by atoms with Crippen LogP contribution < -0.4 is 15.4 Å². The van der Waals surface area contributed by atoms with E-state index in [-0.39, 0.29) is 11.7 Å². The van der Waals surface area contributed by atoms with E-state index in [9.17, 15) is 9.18 Å². The fourth-order valence-corrected chi connectivity index (χ4v) is 2.79. The fourth-order valence-electron chi connectivity index (χ4n) is 2.79. The Morgan fingerprint density at radius 1 is 1.04 bits per heavy atom. The Morgan fingerprint density at radius 2 is 1.79 bits per heavy atom. The predicted molar refractivity (Wildman–Crippen MR) is 107 cm³/mol. The number of nitrogens with zero attached hydrogens (tertiary/aromatic N) is 1. The summed E-state index contributed by atoms with van der Waals surface area (Å²) in [6, 6.07) is 17.7. The highest BCUT2D eigenvalue weighted by Gasteiger charge is 2.08. The number of anilines is 1. The number of halogens is 1. The fraction of sp³-hybridized carbons (Fsp3) is 0.182. The highest BCUT2D eigenvalue weighted by Crippen LogP contribution is 2.17. The van der Waals surface area contributed by atoms with Gasteiger partial charge >= 0.3 is 0 Å². The first kappa shape index (κ1) is 19.4. The average molecular weight is 379 g/mol. The number of hydrogen-bond acceptors (Lipinski definition) is 4. The second-order valence-corrected chi connectivity index (χ2v) is 6.19. The van der Waals surface area contributed by atoms with Gasteiger partial charge in [-0.15, -0.1) is 0 Å². The average Bonchev–Trinajstić information content (AvgIpc) is 2.74. The molecule has 0 radical (unpaired) electrons. The lowest BCUT2D eigenvalue weighted by Crippen LogP contribution is -2.23. The van der Waals surface area contributed by atoms with Crippen LogP contribution in [0.4, 0.5) is 10.2 Å². The number of para-hydroxylation sites is 1. The minimum atomic E-state index is -0.212. The summed E-state index contributed by atoms with van der Waals surface area (Å²) >= 11 is 0. The van der Waals surface area contributed by atoms with Crippen LogP contribution in [0.3, 0.4) is 0 Å². The molecule has 0 saturated heterocycles. The molecule has 0 spiro atoms. The Labute approximate surface area is 163 Å². The molecular formula is C22H22FN3O2. The van der Waals surface area contributed by atoms with Crippen molar-refractivity contribution in [1.82, 2.24) is 10.3 Å². The van der Waals surface area contributed by atoms with Crippen LogP contribution in [0.2, 0.25) is 0 Å². The van der Waals surface area contributed by atoms with E-state index in [1.807, 2.05) is 30.3 Å². The van der Waals surface area contributed by atoms with E-state index in [1.165, 1.54) is 12.3 Å². The molecule has 0 saturated carbocycles. The number of carbonyl (C=O) groups excluding carboxylic acids is 1. The lowest BCUT2D eigenvalue weighted by molar-refractivity contribution is 0.0950. The third-order valence-electron chi connectivity index (χ3n) is 4.32. The summed E-state index contributed by atoms with van der Waals surface area (Å²) in [5.41, 5.74) is 2.02. The molecule has 2 N–H and O–H groups in total. The van der Waals surface area contributed by atoms with E-state index < -0.39 is 0 Å². The van der Waals surface area contributed by atoms with Crippen LogP contribution in [0.15, 0.2) is 66.9 Å². The standard InChI is InChI=1S/C22H22FN3O2/c1-28-20-9-5-3-7-17(20)14-26-22(27)18-10-11-21(25-15-18)24-13-12-16-6-2-4-8-19(16)23/h2-11,15H,12-14H2,1H3,(H,24,25)(H,26,27). The summed E-state index contributed by atoms with van der Waals surface area (Å²) in [4.78, 5) is 16.6. The smallest absolute Gasteiger partial charge is 0.253 e. The third kappa shape index (κ3) is 5.07. The van der Waals surface area contributed by atoms with Crippen molar-refractivity contribution < 1.29 is 13.9 Å². The van der Waals surface area contributed by atoms with Crippen LogP contribution in [0, 0.1) is 5.82 Å². The minimum Gasteiger partial charge on any atom is -0.496 e. The summed E-state index contributed by atoms with van der Waals surface area (Å²) in [6.45, 7) is 0.915. The second kappa shape index (κ2) is 9.50. The van der Waals surface area contributed by atoms with E-state index in [0.29, 0.717) is 36.5 Å². The molecule has 0 aliphatic heterocycles. The number of nitrogens with one attached hydrogen (secondary N) is 2. The van der Waals surface area contributed by atoms with Crippen molar-refractivity contribution in [2.24, 2.45) is 0 Å². The number of benzene rings is 2. The van der Waals surface area contributed by atoms with Crippen molar-refractivity contribution in [2.45, 2.75) is 13.0 Å². The van der Waals surface area contributed by atoms with Crippen molar-refractivity contribution in [3.8, 4) is 5.75 Å². The largest absolute Gasteiger partial charge is 0.496 e. The summed E-state index contributed by atoms with van der Waals surface area (Å²) < 4.78 is 18.9. The van der Waals surface area contributed by atoms with Gasteiger partial charge in [0.25, 0.3) is 5.91 Å². The van der Waals surface area contributed by atoms with E-state index in [0.717, 1.165) is 11.3 Å². The van der Waals surface area contributed by atoms with E-state index in [4.69, 9.17) is 4.74 Å². The maximum absolute atomic E-state index is 13.6. The molecule has 1 heterocycles. The summed E-state index contributed by atoms with van der Waals surface area (Å²) in [7, 11) is 1.60. The van der Waals surface area contributed by atoms with Gasteiger partial charge in [0.1, 0.15) is 17.4 Å². The summed E-state index contributed by atoms with van der Waals surface area (Å²) in [5, 5.41) is 5.99. The van der Waals surface area contributed by atoms with Gasteiger partial charge in [-0.1, -0.05) is 36.4 Å². The Kier molecular flexibility index (Phi) is 6.57. The zero-order valence-electron chi connectivity index (χ0n) is 15.6. The van der Waals surface area contributed by atoms with Gasteiger partial charge in [0.2, 0.25) is 0 Å². The molecule has 2 aromatic carbocycles. The SMILES string of the molecule is COc1ccccc1CNC(=O)c1ccc(NCCc2ccccc2F)nc1. The summed E-state index contributed by atoms with van der Waals surface area (Å²) in [6.07, 6.45) is 2.07. The van der Waals surface area contributed by atoms with Crippen molar-refractivity contribution in [3.63, 3.8) is 0 Å². The van der Waals surface area contributed by atoms with Crippen LogP contribution in [-0.2, 0) is 13.0 Å². The molecule has 0 aliphatic carbocycles. The van der Waals surface area contributed by atoms with Crippen molar-refractivity contribution in [1.29, 1.82) is 0 Å². The number of rotatable bonds is 8. The first-order valence-electron chi connectivity index (χ1n) is 9.01. The molecule has 0 unspecified atom stereocenters. The molecule has 1 amide bonds. The molecule has 3 rings (SSSR count). The maximum Gasteiger partial charge on any atom is 0.253 e. The monoisotopic (exact) mass is 379 g/mol. The number of aromatic nitrogens is 1. The first-order chi connectivity index (χ1) is 13.7. The van der Waals surface area contributed by atoms with Crippen molar-refractivity contribution >= 4 is 11.7 Å². The lowest BCUT2D eigenvalue weighted by atomic mass is 10.1. The Morgan fingerprint density at radius 3 is 2.50 bits per heavy atom. The number of methoxy groups -OCH3 is 1.